The highest BCUT2D eigenvalue weighted by Gasteiger charge is 2.11. The minimum Gasteiger partial charge on any atom is -0.300 e. The molecule has 0 bridgehead atoms. The summed E-state index contributed by atoms with van der Waals surface area (Å²) in [6, 6.07) is 8.16. The van der Waals surface area contributed by atoms with Crippen LogP contribution < -0.4 is 0 Å². The first-order chi connectivity index (χ1) is 9.54. The third kappa shape index (κ3) is 5.50. The van der Waals surface area contributed by atoms with Gasteiger partial charge in [0.1, 0.15) is 5.82 Å². The number of halogens is 1. The van der Waals surface area contributed by atoms with E-state index in [4.69, 9.17) is 5.26 Å². The Balaban J connectivity index is 2.40. The molecule has 0 saturated heterocycles. The second kappa shape index (κ2) is 8.44. The van der Waals surface area contributed by atoms with Crippen molar-refractivity contribution in [1.82, 2.24) is 4.90 Å². The zero-order valence-electron chi connectivity index (χ0n) is 12.1. The van der Waals surface area contributed by atoms with Crippen molar-refractivity contribution >= 4 is 5.78 Å². The Bertz CT molecular complexity index is 462. The molecular weight excluding hydrogens is 255 g/mol. The van der Waals surface area contributed by atoms with Crippen molar-refractivity contribution in [2.24, 2.45) is 0 Å². The molecule has 1 aromatic rings. The van der Waals surface area contributed by atoms with Gasteiger partial charge in [-0.25, -0.2) is 4.39 Å². The number of benzene rings is 1. The van der Waals surface area contributed by atoms with Gasteiger partial charge in [0, 0.05) is 31.0 Å². The quantitative estimate of drug-likeness (QED) is 0.683. The van der Waals surface area contributed by atoms with E-state index < -0.39 is 0 Å². The second-order valence-electron chi connectivity index (χ2n) is 5.07. The lowest BCUT2D eigenvalue weighted by Gasteiger charge is -2.25. The fraction of sp³-hybridized carbons (Fsp3) is 0.500. The van der Waals surface area contributed by atoms with E-state index in [1.54, 1.807) is 0 Å². The zero-order chi connectivity index (χ0) is 15.0. The van der Waals surface area contributed by atoms with Gasteiger partial charge in [-0.3, -0.25) is 9.69 Å². The molecule has 3 nitrogen and oxygen atoms in total. The van der Waals surface area contributed by atoms with Gasteiger partial charge in [0.2, 0.25) is 0 Å². The van der Waals surface area contributed by atoms with Crippen LogP contribution in [0.2, 0.25) is 0 Å². The first-order valence-corrected chi connectivity index (χ1v) is 6.94. The number of hydrogen-bond donors (Lipinski definition) is 0. The number of ketones is 1. The highest BCUT2D eigenvalue weighted by molar-refractivity contribution is 5.95. The van der Waals surface area contributed by atoms with Crippen LogP contribution in [-0.4, -0.2) is 29.8 Å². The molecule has 0 aromatic heterocycles. The van der Waals surface area contributed by atoms with E-state index in [1.165, 1.54) is 24.3 Å². The van der Waals surface area contributed by atoms with Gasteiger partial charge in [-0.2, -0.15) is 5.26 Å². The molecule has 0 aliphatic heterocycles. The first-order valence-electron chi connectivity index (χ1n) is 6.94. The molecule has 0 radical (unpaired) electrons. The number of rotatable bonds is 8. The maximum Gasteiger partial charge on any atom is 0.162 e. The molecule has 0 unspecified atom stereocenters. The van der Waals surface area contributed by atoms with Gasteiger partial charge in [0.15, 0.2) is 5.78 Å². The standard InChI is InChI=1S/C16H21FN2O/c1-13(2)19(12-4-10-18)11-3-5-16(20)14-6-8-15(17)9-7-14/h6-9,13H,3-5,11-12H2,1-2H3. The zero-order valence-corrected chi connectivity index (χ0v) is 12.1. The van der Waals surface area contributed by atoms with E-state index in [0.29, 0.717) is 24.4 Å². The predicted octanol–water partition coefficient (Wildman–Crippen LogP) is 3.41. The molecule has 0 atom stereocenters. The summed E-state index contributed by atoms with van der Waals surface area (Å²) >= 11 is 0. The van der Waals surface area contributed by atoms with Crippen molar-refractivity contribution in [3.8, 4) is 6.07 Å². The number of nitriles is 1. The van der Waals surface area contributed by atoms with Crippen LogP contribution in [0.5, 0.6) is 0 Å². The Morgan fingerprint density at radius 2 is 1.95 bits per heavy atom. The summed E-state index contributed by atoms with van der Waals surface area (Å²) < 4.78 is 12.8. The second-order valence-corrected chi connectivity index (χ2v) is 5.07. The monoisotopic (exact) mass is 276 g/mol. The Morgan fingerprint density at radius 3 is 2.50 bits per heavy atom. The lowest BCUT2D eigenvalue weighted by Crippen LogP contribution is -2.32. The van der Waals surface area contributed by atoms with E-state index in [2.05, 4.69) is 24.8 Å². The summed E-state index contributed by atoms with van der Waals surface area (Å²) in [5, 5.41) is 8.62. The molecule has 0 spiro atoms. The molecule has 0 aliphatic carbocycles. The van der Waals surface area contributed by atoms with E-state index in [1.807, 2.05) is 0 Å². The molecule has 4 heteroatoms. The lowest BCUT2D eigenvalue weighted by molar-refractivity contribution is 0.0972. The summed E-state index contributed by atoms with van der Waals surface area (Å²) in [4.78, 5) is 14.1. The molecule has 0 heterocycles. The molecule has 0 N–H and O–H groups in total. The Kier molecular flexibility index (Phi) is 6.89. The van der Waals surface area contributed by atoms with E-state index >= 15 is 0 Å². The molecule has 0 amide bonds. The van der Waals surface area contributed by atoms with Gasteiger partial charge >= 0.3 is 0 Å². The minimum atomic E-state index is -0.330. The molecule has 0 fully saturated rings. The van der Waals surface area contributed by atoms with Crippen LogP contribution in [0.1, 0.15) is 43.5 Å². The molecular formula is C16H21FN2O. The van der Waals surface area contributed by atoms with E-state index in [-0.39, 0.29) is 11.6 Å². The van der Waals surface area contributed by atoms with Gasteiger partial charge in [0.25, 0.3) is 0 Å². The summed E-state index contributed by atoms with van der Waals surface area (Å²) in [6.45, 7) is 5.70. The Hall–Kier alpha value is -1.73. The number of hydrogen-bond acceptors (Lipinski definition) is 3. The maximum absolute atomic E-state index is 12.8. The summed E-state index contributed by atoms with van der Waals surface area (Å²) in [5.41, 5.74) is 0.555. The highest BCUT2D eigenvalue weighted by Crippen LogP contribution is 2.09. The number of carbonyl (C=O) groups is 1. The lowest BCUT2D eigenvalue weighted by atomic mass is 10.1. The third-order valence-corrected chi connectivity index (χ3v) is 3.26. The predicted molar refractivity (Wildman–Crippen MR) is 76.9 cm³/mol. The first kappa shape index (κ1) is 16.3. The molecule has 20 heavy (non-hydrogen) atoms. The molecule has 0 saturated carbocycles. The van der Waals surface area contributed by atoms with Crippen LogP contribution >= 0.6 is 0 Å². The Morgan fingerprint density at radius 1 is 1.30 bits per heavy atom. The SMILES string of the molecule is CC(C)N(CCC#N)CCCC(=O)c1ccc(F)cc1. The van der Waals surface area contributed by atoms with Crippen LogP contribution in [0.25, 0.3) is 0 Å². The van der Waals surface area contributed by atoms with Crippen LogP contribution in [0.15, 0.2) is 24.3 Å². The fourth-order valence-electron chi connectivity index (χ4n) is 2.04. The van der Waals surface area contributed by atoms with E-state index in [9.17, 15) is 9.18 Å². The molecule has 108 valence electrons. The number of Topliss-reactive ketones (excluding diaryl/α,β-unsaturated/α-hetero) is 1. The highest BCUT2D eigenvalue weighted by atomic mass is 19.1. The van der Waals surface area contributed by atoms with Crippen LogP contribution in [0.4, 0.5) is 4.39 Å². The van der Waals surface area contributed by atoms with Gasteiger partial charge in [-0.05, 0) is 51.1 Å². The summed E-state index contributed by atoms with van der Waals surface area (Å²) in [7, 11) is 0. The Labute approximate surface area is 120 Å². The molecule has 0 aliphatic rings. The minimum absolute atomic E-state index is 0.0361. The largest absolute Gasteiger partial charge is 0.300 e. The number of nitrogens with zero attached hydrogens (tertiary/aromatic N) is 2. The smallest absolute Gasteiger partial charge is 0.162 e. The third-order valence-electron chi connectivity index (χ3n) is 3.26. The van der Waals surface area contributed by atoms with Crippen molar-refractivity contribution in [2.75, 3.05) is 13.1 Å². The van der Waals surface area contributed by atoms with Crippen molar-refractivity contribution in [2.45, 2.75) is 39.2 Å². The number of carbonyl (C=O) groups excluding carboxylic acids is 1. The van der Waals surface area contributed by atoms with Gasteiger partial charge < -0.3 is 0 Å². The topological polar surface area (TPSA) is 44.1 Å². The summed E-state index contributed by atoms with van der Waals surface area (Å²) in [5.74, 6) is -0.293. The summed E-state index contributed by atoms with van der Waals surface area (Å²) in [6.07, 6.45) is 1.70. The van der Waals surface area contributed by atoms with E-state index in [0.717, 1.165) is 19.5 Å². The van der Waals surface area contributed by atoms with Gasteiger partial charge in [0.05, 0.1) is 6.07 Å². The molecule has 1 aromatic carbocycles. The van der Waals surface area contributed by atoms with Gasteiger partial charge in [-0.1, -0.05) is 0 Å². The van der Waals surface area contributed by atoms with Crippen LogP contribution in [0, 0.1) is 17.1 Å². The maximum atomic E-state index is 12.8. The van der Waals surface area contributed by atoms with Gasteiger partial charge in [-0.15, -0.1) is 0 Å². The average Bonchev–Trinajstić information content (AvgIpc) is 2.42. The van der Waals surface area contributed by atoms with Crippen LogP contribution in [0.3, 0.4) is 0 Å². The molecule has 1 rings (SSSR count). The van der Waals surface area contributed by atoms with Crippen LogP contribution in [-0.2, 0) is 0 Å². The fourth-order valence-corrected chi connectivity index (χ4v) is 2.04. The van der Waals surface area contributed by atoms with Crippen molar-refractivity contribution < 1.29 is 9.18 Å². The van der Waals surface area contributed by atoms with Crippen molar-refractivity contribution in [3.05, 3.63) is 35.6 Å². The van der Waals surface area contributed by atoms with Crippen molar-refractivity contribution in [3.63, 3.8) is 0 Å². The average molecular weight is 276 g/mol. The normalized spacial score (nSPS) is 10.8. The van der Waals surface area contributed by atoms with Crippen molar-refractivity contribution in [1.29, 1.82) is 5.26 Å².